The lowest BCUT2D eigenvalue weighted by Gasteiger charge is -2.07. The number of carbonyl (C=O) groups excluding carboxylic acids is 2. The highest BCUT2D eigenvalue weighted by atomic mass is 35.5. The molecular formula is C28H20Cl2N4O3. The van der Waals surface area contributed by atoms with Gasteiger partial charge in [0.15, 0.2) is 0 Å². The number of aromatic amines is 1. The van der Waals surface area contributed by atoms with Crippen LogP contribution in [0.25, 0.3) is 22.4 Å². The molecular weight excluding hydrogens is 511 g/mol. The zero-order valence-corrected chi connectivity index (χ0v) is 21.0. The molecule has 7 nitrogen and oxygen atoms in total. The summed E-state index contributed by atoms with van der Waals surface area (Å²) >= 11 is 12.0. The van der Waals surface area contributed by atoms with Crippen molar-refractivity contribution in [3.63, 3.8) is 0 Å². The highest BCUT2D eigenvalue weighted by Crippen LogP contribution is 2.26. The van der Waals surface area contributed by atoms with Crippen molar-refractivity contribution in [1.29, 1.82) is 0 Å². The number of carbonyl (C=O) groups is 2. The standard InChI is InChI=1S/C28H20Cl2N4O3/c1-37-21-10-4-17(5-11-21)27(35)32-20-9-13-24-25(15-20)34-26(33-24)16-2-7-19(8-3-16)31-28(36)22-12-6-18(29)14-23(22)30/h2-15H,1H3,(H,31,36)(H,32,35)(H,33,34). The number of H-pyrrole nitrogens is 1. The number of hydrogen-bond acceptors (Lipinski definition) is 4. The molecule has 0 saturated heterocycles. The molecule has 0 aliphatic rings. The first kappa shape index (κ1) is 24.4. The number of nitrogens with zero attached hydrogens (tertiary/aromatic N) is 1. The van der Waals surface area contributed by atoms with Crippen LogP contribution in [0.5, 0.6) is 5.75 Å². The number of ether oxygens (including phenoxy) is 1. The highest BCUT2D eigenvalue weighted by Gasteiger charge is 2.13. The van der Waals surface area contributed by atoms with E-state index < -0.39 is 0 Å². The van der Waals surface area contributed by atoms with Crippen LogP contribution in [0.15, 0.2) is 84.9 Å². The predicted octanol–water partition coefficient (Wildman–Crippen LogP) is 7.05. The highest BCUT2D eigenvalue weighted by molar-refractivity contribution is 6.37. The van der Waals surface area contributed by atoms with Gasteiger partial charge in [0.1, 0.15) is 11.6 Å². The molecule has 5 rings (SSSR count). The molecule has 0 spiro atoms. The second-order valence-corrected chi connectivity index (χ2v) is 9.00. The van der Waals surface area contributed by atoms with Crippen LogP contribution in [0.3, 0.4) is 0 Å². The summed E-state index contributed by atoms with van der Waals surface area (Å²) in [6.07, 6.45) is 0. The minimum absolute atomic E-state index is 0.223. The third-order valence-corrected chi connectivity index (χ3v) is 6.23. The van der Waals surface area contributed by atoms with Gasteiger partial charge in [-0.3, -0.25) is 9.59 Å². The van der Waals surface area contributed by atoms with Crippen molar-refractivity contribution in [2.45, 2.75) is 0 Å². The molecule has 0 aliphatic heterocycles. The summed E-state index contributed by atoms with van der Waals surface area (Å²) < 4.78 is 5.13. The first-order valence-electron chi connectivity index (χ1n) is 11.2. The quantitative estimate of drug-likeness (QED) is 0.219. The largest absolute Gasteiger partial charge is 0.497 e. The number of aromatic nitrogens is 2. The van der Waals surface area contributed by atoms with E-state index in [0.29, 0.717) is 39.1 Å². The number of hydrogen-bond donors (Lipinski definition) is 3. The molecule has 0 bridgehead atoms. The number of benzene rings is 4. The van der Waals surface area contributed by atoms with Gasteiger partial charge in [-0.15, -0.1) is 0 Å². The number of anilines is 2. The van der Waals surface area contributed by atoms with Gasteiger partial charge in [0, 0.05) is 27.5 Å². The van der Waals surface area contributed by atoms with Gasteiger partial charge in [-0.2, -0.15) is 0 Å². The molecule has 1 heterocycles. The van der Waals surface area contributed by atoms with E-state index in [1.54, 1.807) is 61.7 Å². The van der Waals surface area contributed by atoms with Gasteiger partial charge in [0.05, 0.1) is 28.7 Å². The summed E-state index contributed by atoms with van der Waals surface area (Å²) in [5, 5.41) is 6.47. The van der Waals surface area contributed by atoms with Gasteiger partial charge >= 0.3 is 0 Å². The smallest absolute Gasteiger partial charge is 0.257 e. The Morgan fingerprint density at radius 2 is 1.51 bits per heavy atom. The maximum absolute atomic E-state index is 12.6. The summed E-state index contributed by atoms with van der Waals surface area (Å²) in [6, 6.07) is 24.3. The van der Waals surface area contributed by atoms with E-state index in [9.17, 15) is 9.59 Å². The van der Waals surface area contributed by atoms with Crippen molar-refractivity contribution in [3.05, 3.63) is 106 Å². The maximum Gasteiger partial charge on any atom is 0.257 e. The lowest BCUT2D eigenvalue weighted by Crippen LogP contribution is -2.12. The Morgan fingerprint density at radius 3 is 2.22 bits per heavy atom. The van der Waals surface area contributed by atoms with Crippen LogP contribution >= 0.6 is 23.2 Å². The third kappa shape index (κ3) is 5.43. The SMILES string of the molecule is COc1ccc(C(=O)Nc2ccc3nc(-c4ccc(NC(=O)c5ccc(Cl)cc5Cl)cc4)[nH]c3c2)cc1. The van der Waals surface area contributed by atoms with E-state index in [2.05, 4.69) is 20.6 Å². The van der Waals surface area contributed by atoms with Crippen molar-refractivity contribution in [1.82, 2.24) is 9.97 Å². The van der Waals surface area contributed by atoms with Crippen LogP contribution in [0.2, 0.25) is 10.0 Å². The Labute approximate surface area is 222 Å². The zero-order chi connectivity index (χ0) is 25.9. The molecule has 0 radical (unpaired) electrons. The molecule has 9 heteroatoms. The van der Waals surface area contributed by atoms with E-state index in [-0.39, 0.29) is 16.8 Å². The molecule has 0 atom stereocenters. The van der Waals surface area contributed by atoms with E-state index in [1.807, 2.05) is 24.3 Å². The van der Waals surface area contributed by atoms with Gasteiger partial charge < -0.3 is 20.4 Å². The van der Waals surface area contributed by atoms with Crippen molar-refractivity contribution < 1.29 is 14.3 Å². The van der Waals surface area contributed by atoms with E-state index >= 15 is 0 Å². The van der Waals surface area contributed by atoms with Crippen LogP contribution < -0.4 is 15.4 Å². The number of rotatable bonds is 6. The Morgan fingerprint density at radius 1 is 0.811 bits per heavy atom. The molecule has 184 valence electrons. The first-order chi connectivity index (χ1) is 17.9. The molecule has 3 N–H and O–H groups in total. The second-order valence-electron chi connectivity index (χ2n) is 8.16. The predicted molar refractivity (Wildman–Crippen MR) is 147 cm³/mol. The normalized spacial score (nSPS) is 10.8. The molecule has 0 aliphatic carbocycles. The van der Waals surface area contributed by atoms with Crippen LogP contribution in [-0.2, 0) is 0 Å². The number of methoxy groups -OCH3 is 1. The van der Waals surface area contributed by atoms with Crippen molar-refractivity contribution in [2.24, 2.45) is 0 Å². The Kier molecular flexibility index (Phi) is 6.81. The van der Waals surface area contributed by atoms with Crippen LogP contribution in [-0.4, -0.2) is 28.9 Å². The van der Waals surface area contributed by atoms with Gasteiger partial charge in [0.2, 0.25) is 0 Å². The topological polar surface area (TPSA) is 96.1 Å². The summed E-state index contributed by atoms with van der Waals surface area (Å²) in [5.74, 6) is 0.790. The summed E-state index contributed by atoms with van der Waals surface area (Å²) in [5.41, 5.74) is 4.48. The molecule has 1 aromatic heterocycles. The van der Waals surface area contributed by atoms with Gasteiger partial charge in [0.25, 0.3) is 11.8 Å². The lowest BCUT2D eigenvalue weighted by molar-refractivity contribution is 0.101. The van der Waals surface area contributed by atoms with Crippen molar-refractivity contribution in [3.8, 4) is 17.1 Å². The third-order valence-electron chi connectivity index (χ3n) is 5.68. The Bertz CT molecular complexity index is 1610. The number of imidazole rings is 1. The fourth-order valence-electron chi connectivity index (χ4n) is 3.75. The van der Waals surface area contributed by atoms with Crippen LogP contribution in [0, 0.1) is 0 Å². The number of halogens is 2. The molecule has 0 saturated carbocycles. The average Bonchev–Trinajstić information content (AvgIpc) is 3.32. The molecule has 2 amide bonds. The molecule has 0 fully saturated rings. The molecule has 0 unspecified atom stereocenters. The fourth-order valence-corrected chi connectivity index (χ4v) is 4.25. The van der Waals surface area contributed by atoms with E-state index in [1.165, 1.54) is 6.07 Å². The minimum atomic E-state index is -0.331. The zero-order valence-electron chi connectivity index (χ0n) is 19.5. The van der Waals surface area contributed by atoms with Gasteiger partial charge in [-0.25, -0.2) is 4.98 Å². The number of nitrogens with one attached hydrogen (secondary N) is 3. The molecule has 4 aromatic carbocycles. The monoisotopic (exact) mass is 530 g/mol. The van der Waals surface area contributed by atoms with Gasteiger partial charge in [-0.1, -0.05) is 23.2 Å². The van der Waals surface area contributed by atoms with Crippen LogP contribution in [0.1, 0.15) is 20.7 Å². The average molecular weight is 531 g/mol. The Hall–Kier alpha value is -4.33. The van der Waals surface area contributed by atoms with Crippen molar-refractivity contribution >= 4 is 57.4 Å². The molecule has 5 aromatic rings. The van der Waals surface area contributed by atoms with Gasteiger partial charge in [-0.05, 0) is 84.9 Å². The minimum Gasteiger partial charge on any atom is -0.497 e. The van der Waals surface area contributed by atoms with Crippen LogP contribution in [0.4, 0.5) is 11.4 Å². The van der Waals surface area contributed by atoms with E-state index in [0.717, 1.165) is 16.6 Å². The lowest BCUT2D eigenvalue weighted by atomic mass is 10.1. The number of amides is 2. The van der Waals surface area contributed by atoms with Crippen molar-refractivity contribution in [2.75, 3.05) is 17.7 Å². The second kappa shape index (κ2) is 10.3. The first-order valence-corrected chi connectivity index (χ1v) is 12.0. The summed E-state index contributed by atoms with van der Waals surface area (Å²) in [4.78, 5) is 33.1. The summed E-state index contributed by atoms with van der Waals surface area (Å²) in [7, 11) is 1.58. The Balaban J connectivity index is 1.29. The molecule has 37 heavy (non-hydrogen) atoms. The fraction of sp³-hybridized carbons (Fsp3) is 0.0357. The maximum atomic E-state index is 12.6. The number of fused-ring (bicyclic) bond motifs is 1. The van der Waals surface area contributed by atoms with E-state index in [4.69, 9.17) is 27.9 Å². The summed E-state index contributed by atoms with van der Waals surface area (Å²) in [6.45, 7) is 0.